The third kappa shape index (κ3) is 4.54. The lowest BCUT2D eigenvalue weighted by Gasteiger charge is -2.08. The van der Waals surface area contributed by atoms with Crippen LogP contribution in [0, 0.1) is 25.2 Å². The van der Waals surface area contributed by atoms with Crippen LogP contribution in [0.2, 0.25) is 0 Å². The van der Waals surface area contributed by atoms with E-state index in [0.717, 1.165) is 12.2 Å². The van der Waals surface area contributed by atoms with Gasteiger partial charge in [0, 0.05) is 10.6 Å². The van der Waals surface area contributed by atoms with Crippen molar-refractivity contribution in [3.05, 3.63) is 59.2 Å². The van der Waals surface area contributed by atoms with Crippen molar-refractivity contribution < 1.29 is 4.74 Å². The van der Waals surface area contributed by atoms with Crippen molar-refractivity contribution >= 4 is 11.8 Å². The molecule has 0 aliphatic carbocycles. The quantitative estimate of drug-likeness (QED) is 0.570. The van der Waals surface area contributed by atoms with Crippen LogP contribution < -0.4 is 4.74 Å². The molecule has 108 valence electrons. The molecular weight excluding hydrogens is 278 g/mol. The molecule has 0 aliphatic heterocycles. The van der Waals surface area contributed by atoms with E-state index in [4.69, 9.17) is 10.00 Å². The Morgan fingerprint density at radius 3 is 2.67 bits per heavy atom. The van der Waals surface area contributed by atoms with Gasteiger partial charge in [0.05, 0.1) is 12.2 Å². The molecule has 0 fully saturated rings. The zero-order valence-corrected chi connectivity index (χ0v) is 13.2. The van der Waals surface area contributed by atoms with Crippen molar-refractivity contribution in [1.29, 1.82) is 5.26 Å². The molecule has 0 amide bonds. The van der Waals surface area contributed by atoms with Crippen LogP contribution in [0.1, 0.15) is 23.1 Å². The standard InChI is InChI=1S/C18H19NOS/c1-14-8-9-17(12-15(14)2)21-11-5-10-20-18-7-4-3-6-16(18)13-19/h3-4,6-9,12H,5,10-11H2,1-2H3. The van der Waals surface area contributed by atoms with Gasteiger partial charge in [0.15, 0.2) is 0 Å². The summed E-state index contributed by atoms with van der Waals surface area (Å²) in [5.41, 5.74) is 3.26. The predicted octanol–water partition coefficient (Wildman–Crippen LogP) is 4.74. The Hall–Kier alpha value is -1.92. The van der Waals surface area contributed by atoms with E-state index in [1.807, 2.05) is 30.0 Å². The minimum absolute atomic E-state index is 0.597. The van der Waals surface area contributed by atoms with Crippen LogP contribution >= 0.6 is 11.8 Å². The third-order valence-electron chi connectivity index (χ3n) is 3.30. The number of thioether (sulfide) groups is 1. The second kappa shape index (κ2) is 7.75. The number of ether oxygens (including phenoxy) is 1. The van der Waals surface area contributed by atoms with Crippen LogP contribution in [-0.4, -0.2) is 12.4 Å². The van der Waals surface area contributed by atoms with Gasteiger partial charge in [-0.1, -0.05) is 18.2 Å². The molecule has 0 saturated carbocycles. The molecule has 2 rings (SSSR count). The number of hydrogen-bond acceptors (Lipinski definition) is 3. The summed E-state index contributed by atoms with van der Waals surface area (Å²) < 4.78 is 5.67. The first kappa shape index (κ1) is 15.5. The summed E-state index contributed by atoms with van der Waals surface area (Å²) in [5.74, 6) is 1.69. The molecule has 0 N–H and O–H groups in total. The molecule has 2 nitrogen and oxygen atoms in total. The van der Waals surface area contributed by atoms with Crippen molar-refractivity contribution in [2.45, 2.75) is 25.2 Å². The first-order valence-corrected chi connectivity index (χ1v) is 8.01. The van der Waals surface area contributed by atoms with E-state index in [1.165, 1.54) is 16.0 Å². The predicted molar refractivity (Wildman–Crippen MR) is 87.9 cm³/mol. The number of benzene rings is 2. The Labute approximate surface area is 130 Å². The molecular formula is C18H19NOS. The summed E-state index contributed by atoms with van der Waals surface area (Å²) in [7, 11) is 0. The second-order valence-corrected chi connectivity index (χ2v) is 6.07. The van der Waals surface area contributed by atoms with Gasteiger partial charge >= 0.3 is 0 Å². The Balaban J connectivity index is 1.75. The largest absolute Gasteiger partial charge is 0.492 e. The van der Waals surface area contributed by atoms with Crippen molar-refractivity contribution in [1.82, 2.24) is 0 Å². The molecule has 2 aromatic rings. The first-order chi connectivity index (χ1) is 10.2. The van der Waals surface area contributed by atoms with Gasteiger partial charge in [-0.3, -0.25) is 0 Å². The molecule has 0 spiro atoms. The summed E-state index contributed by atoms with van der Waals surface area (Å²) in [5, 5.41) is 8.98. The summed E-state index contributed by atoms with van der Waals surface area (Å²) in [4.78, 5) is 1.30. The van der Waals surface area contributed by atoms with Gasteiger partial charge in [0.2, 0.25) is 0 Å². The zero-order chi connectivity index (χ0) is 15.1. The molecule has 0 saturated heterocycles. The fraction of sp³-hybridized carbons (Fsp3) is 0.278. The van der Waals surface area contributed by atoms with E-state index in [-0.39, 0.29) is 0 Å². The lowest BCUT2D eigenvalue weighted by Crippen LogP contribution is -2.00. The maximum Gasteiger partial charge on any atom is 0.137 e. The Bertz CT molecular complexity index is 646. The van der Waals surface area contributed by atoms with Crippen LogP contribution in [0.25, 0.3) is 0 Å². The number of nitriles is 1. The summed E-state index contributed by atoms with van der Waals surface area (Å²) >= 11 is 1.84. The topological polar surface area (TPSA) is 33.0 Å². The first-order valence-electron chi connectivity index (χ1n) is 7.02. The summed E-state index contributed by atoms with van der Waals surface area (Å²) in [6.07, 6.45) is 0.956. The van der Waals surface area contributed by atoms with Gasteiger partial charge in [-0.2, -0.15) is 5.26 Å². The highest BCUT2D eigenvalue weighted by molar-refractivity contribution is 7.99. The van der Waals surface area contributed by atoms with Crippen molar-refractivity contribution in [3.8, 4) is 11.8 Å². The number of rotatable bonds is 6. The number of hydrogen-bond donors (Lipinski definition) is 0. The van der Waals surface area contributed by atoms with Crippen LogP contribution in [0.5, 0.6) is 5.75 Å². The minimum Gasteiger partial charge on any atom is -0.492 e. The molecule has 0 heterocycles. The van der Waals surface area contributed by atoms with E-state index in [0.29, 0.717) is 17.9 Å². The third-order valence-corrected chi connectivity index (χ3v) is 4.38. The van der Waals surface area contributed by atoms with Crippen molar-refractivity contribution in [2.75, 3.05) is 12.4 Å². The van der Waals surface area contributed by atoms with Crippen LogP contribution in [0.4, 0.5) is 0 Å². The average molecular weight is 297 g/mol. The fourth-order valence-corrected chi connectivity index (χ4v) is 2.84. The Morgan fingerprint density at radius 2 is 1.90 bits per heavy atom. The summed E-state index contributed by atoms with van der Waals surface area (Å²) in [6, 6.07) is 16.1. The van der Waals surface area contributed by atoms with Gasteiger partial charge in [0.1, 0.15) is 11.8 Å². The number of aryl methyl sites for hydroxylation is 2. The molecule has 0 bridgehead atoms. The molecule has 2 aromatic carbocycles. The molecule has 0 aliphatic rings. The smallest absolute Gasteiger partial charge is 0.137 e. The molecule has 0 unspecified atom stereocenters. The molecule has 0 atom stereocenters. The van der Waals surface area contributed by atoms with E-state index in [1.54, 1.807) is 6.07 Å². The van der Waals surface area contributed by atoms with Crippen LogP contribution in [0.3, 0.4) is 0 Å². The highest BCUT2D eigenvalue weighted by Crippen LogP contribution is 2.22. The van der Waals surface area contributed by atoms with Crippen molar-refractivity contribution in [2.24, 2.45) is 0 Å². The van der Waals surface area contributed by atoms with Gasteiger partial charge in [-0.25, -0.2) is 0 Å². The van der Waals surface area contributed by atoms with Gasteiger partial charge < -0.3 is 4.74 Å². The maximum atomic E-state index is 8.98. The second-order valence-electron chi connectivity index (χ2n) is 4.90. The zero-order valence-electron chi connectivity index (χ0n) is 12.4. The fourth-order valence-electron chi connectivity index (χ4n) is 1.92. The highest BCUT2D eigenvalue weighted by Gasteiger charge is 2.02. The highest BCUT2D eigenvalue weighted by atomic mass is 32.2. The average Bonchev–Trinajstić information content (AvgIpc) is 2.51. The number of nitrogens with zero attached hydrogens (tertiary/aromatic N) is 1. The molecule has 21 heavy (non-hydrogen) atoms. The minimum atomic E-state index is 0.597. The van der Waals surface area contributed by atoms with E-state index in [9.17, 15) is 0 Å². The molecule has 3 heteroatoms. The van der Waals surface area contributed by atoms with Crippen LogP contribution in [0.15, 0.2) is 47.4 Å². The lowest BCUT2D eigenvalue weighted by molar-refractivity contribution is 0.318. The lowest BCUT2D eigenvalue weighted by atomic mass is 10.1. The molecule has 0 radical (unpaired) electrons. The normalized spacial score (nSPS) is 10.1. The number of para-hydroxylation sites is 1. The maximum absolute atomic E-state index is 8.98. The monoisotopic (exact) mass is 297 g/mol. The van der Waals surface area contributed by atoms with Gasteiger partial charge in [0.25, 0.3) is 0 Å². The SMILES string of the molecule is Cc1ccc(SCCCOc2ccccc2C#N)cc1C. The Kier molecular flexibility index (Phi) is 5.71. The van der Waals surface area contributed by atoms with Crippen molar-refractivity contribution in [3.63, 3.8) is 0 Å². The van der Waals surface area contributed by atoms with E-state index >= 15 is 0 Å². The Morgan fingerprint density at radius 1 is 1.10 bits per heavy atom. The molecule has 0 aromatic heterocycles. The van der Waals surface area contributed by atoms with Gasteiger partial charge in [-0.05, 0) is 55.7 Å². The summed E-state index contributed by atoms with van der Waals surface area (Å²) in [6.45, 7) is 4.90. The van der Waals surface area contributed by atoms with E-state index in [2.05, 4.69) is 38.1 Å². The van der Waals surface area contributed by atoms with Crippen LogP contribution in [-0.2, 0) is 0 Å². The van der Waals surface area contributed by atoms with Gasteiger partial charge in [-0.15, -0.1) is 11.8 Å². The van der Waals surface area contributed by atoms with E-state index < -0.39 is 0 Å².